The molecule has 3 heterocycles. The fourth-order valence-electron chi connectivity index (χ4n) is 8.60. The van der Waals surface area contributed by atoms with Crippen molar-refractivity contribution in [3.63, 3.8) is 0 Å². The number of hydrogen-bond donors (Lipinski definition) is 0. The Morgan fingerprint density at radius 1 is 0.423 bits per heavy atom. The smallest absolute Gasteiger partial charge is 0.328 e. The lowest BCUT2D eigenvalue weighted by Gasteiger charge is -2.39. The summed E-state index contributed by atoms with van der Waals surface area (Å²) in [6, 6.07) is 68.0. The van der Waals surface area contributed by atoms with Crippen molar-refractivity contribution < 1.29 is 4.42 Å². The standard InChI is InChI=1S/C48H31BN2O/c1-2-14-33(15-3-1)49-43-24-8-4-18-37(43)38-19-6-10-26-46(38)51(49)35-17-12-16-34(31-35)50-44-25-9-5-20-39(44)42-30-32(28-29-45(42)50)36-22-13-23-41-40-21-7-11-27-47(40)52-48(36)41/h1-31H. The normalized spacial score (nSPS) is 12.5. The van der Waals surface area contributed by atoms with Crippen LogP contribution in [0.15, 0.2) is 192 Å². The van der Waals surface area contributed by atoms with Crippen molar-refractivity contribution in [2.75, 3.05) is 4.81 Å². The van der Waals surface area contributed by atoms with Gasteiger partial charge in [-0.1, -0.05) is 145 Å². The number of rotatable bonds is 4. The van der Waals surface area contributed by atoms with Crippen LogP contribution in [0.5, 0.6) is 0 Å². The van der Waals surface area contributed by atoms with E-state index in [0.717, 1.165) is 44.4 Å². The number of benzene rings is 8. The van der Waals surface area contributed by atoms with E-state index in [1.165, 1.54) is 49.5 Å². The maximum atomic E-state index is 6.46. The first kappa shape index (κ1) is 29.0. The number of fused-ring (bicyclic) bond motifs is 9. The van der Waals surface area contributed by atoms with Gasteiger partial charge in [0.25, 0.3) is 0 Å². The lowest BCUT2D eigenvalue weighted by molar-refractivity contribution is 0.670. The molecule has 0 bridgehead atoms. The van der Waals surface area contributed by atoms with Gasteiger partial charge in [0.2, 0.25) is 0 Å². The van der Waals surface area contributed by atoms with Crippen LogP contribution in [-0.2, 0) is 0 Å². The van der Waals surface area contributed by atoms with Crippen LogP contribution in [0.25, 0.3) is 71.7 Å². The molecule has 0 saturated carbocycles. The van der Waals surface area contributed by atoms with Gasteiger partial charge in [0, 0.05) is 49.7 Å². The van der Waals surface area contributed by atoms with Crippen LogP contribution in [0.2, 0.25) is 0 Å². The highest BCUT2D eigenvalue weighted by atomic mass is 16.3. The molecule has 0 unspecified atom stereocenters. The largest absolute Gasteiger partial charge is 0.455 e. The molecular formula is C48H31BN2O. The molecule has 0 fully saturated rings. The summed E-state index contributed by atoms with van der Waals surface area (Å²) in [4.78, 5) is 2.52. The third kappa shape index (κ3) is 4.28. The van der Waals surface area contributed by atoms with E-state index >= 15 is 0 Å². The monoisotopic (exact) mass is 662 g/mol. The molecule has 1 aliphatic heterocycles. The highest BCUT2D eigenvalue weighted by Gasteiger charge is 2.36. The second-order valence-corrected chi connectivity index (χ2v) is 13.7. The molecular weight excluding hydrogens is 631 g/mol. The molecule has 0 saturated heterocycles. The molecule has 0 amide bonds. The molecule has 0 spiro atoms. The lowest BCUT2D eigenvalue weighted by Crippen LogP contribution is -2.57. The van der Waals surface area contributed by atoms with Gasteiger partial charge in [0.1, 0.15) is 11.2 Å². The van der Waals surface area contributed by atoms with E-state index in [0.29, 0.717) is 0 Å². The van der Waals surface area contributed by atoms with Crippen molar-refractivity contribution in [2.24, 2.45) is 0 Å². The van der Waals surface area contributed by atoms with Crippen LogP contribution in [0, 0.1) is 0 Å². The molecule has 2 aromatic heterocycles. The Morgan fingerprint density at radius 3 is 2.02 bits per heavy atom. The van der Waals surface area contributed by atoms with Crippen LogP contribution in [0.1, 0.15) is 0 Å². The number of aromatic nitrogens is 1. The Kier molecular flexibility index (Phi) is 6.35. The summed E-state index contributed by atoms with van der Waals surface area (Å²) >= 11 is 0. The predicted molar refractivity (Wildman–Crippen MR) is 219 cm³/mol. The maximum Gasteiger partial charge on any atom is 0.328 e. The first-order chi connectivity index (χ1) is 25.8. The van der Waals surface area contributed by atoms with Gasteiger partial charge in [0.15, 0.2) is 0 Å². The van der Waals surface area contributed by atoms with E-state index in [1.807, 2.05) is 12.1 Å². The summed E-state index contributed by atoms with van der Waals surface area (Å²) in [5.74, 6) is 0. The van der Waals surface area contributed by atoms with Crippen molar-refractivity contribution in [1.82, 2.24) is 4.57 Å². The molecule has 1 aliphatic rings. The van der Waals surface area contributed by atoms with Crippen molar-refractivity contribution in [3.05, 3.63) is 188 Å². The number of nitrogens with zero attached hydrogens (tertiary/aromatic N) is 2. The third-order valence-electron chi connectivity index (χ3n) is 10.8. The minimum atomic E-state index is 0.0178. The second-order valence-electron chi connectivity index (χ2n) is 13.7. The maximum absolute atomic E-state index is 6.46. The fourth-order valence-corrected chi connectivity index (χ4v) is 8.60. The van der Waals surface area contributed by atoms with E-state index in [2.05, 4.69) is 185 Å². The first-order valence-electron chi connectivity index (χ1n) is 17.9. The topological polar surface area (TPSA) is 21.3 Å². The molecule has 52 heavy (non-hydrogen) atoms. The summed E-state index contributed by atoms with van der Waals surface area (Å²) in [5.41, 5.74) is 15.0. The molecule has 11 rings (SSSR count). The molecule has 10 aromatic rings. The van der Waals surface area contributed by atoms with Crippen molar-refractivity contribution in [2.45, 2.75) is 0 Å². The highest BCUT2D eigenvalue weighted by Crippen LogP contribution is 2.42. The van der Waals surface area contributed by atoms with Crippen molar-refractivity contribution in [3.8, 4) is 27.9 Å². The Hall–Kier alpha value is -6.78. The average molecular weight is 663 g/mol. The zero-order valence-corrected chi connectivity index (χ0v) is 28.3. The quantitative estimate of drug-likeness (QED) is 0.175. The van der Waals surface area contributed by atoms with Crippen LogP contribution in [0.3, 0.4) is 0 Å². The Balaban J connectivity index is 1.10. The number of anilines is 2. The minimum absolute atomic E-state index is 0.0178. The highest BCUT2D eigenvalue weighted by molar-refractivity contribution is 6.90. The zero-order valence-electron chi connectivity index (χ0n) is 28.3. The molecule has 3 nitrogen and oxygen atoms in total. The molecule has 0 aliphatic carbocycles. The minimum Gasteiger partial charge on any atom is -0.455 e. The molecule has 0 atom stereocenters. The van der Waals surface area contributed by atoms with Gasteiger partial charge in [-0.15, -0.1) is 0 Å². The molecule has 0 N–H and O–H groups in total. The average Bonchev–Trinajstić information content (AvgIpc) is 3.76. The molecule has 0 radical (unpaired) electrons. The number of hydrogen-bond acceptors (Lipinski definition) is 2. The van der Waals surface area contributed by atoms with Crippen LogP contribution < -0.4 is 15.7 Å². The second kappa shape index (κ2) is 11.4. The Bertz CT molecular complexity index is 2990. The molecule has 8 aromatic carbocycles. The van der Waals surface area contributed by atoms with Gasteiger partial charge >= 0.3 is 6.85 Å². The van der Waals surface area contributed by atoms with Gasteiger partial charge < -0.3 is 13.8 Å². The first-order valence-corrected chi connectivity index (χ1v) is 17.9. The van der Waals surface area contributed by atoms with Crippen molar-refractivity contribution >= 4 is 72.9 Å². The van der Waals surface area contributed by atoms with E-state index < -0.39 is 0 Å². The predicted octanol–water partition coefficient (Wildman–Crippen LogP) is 11.3. The molecule has 4 heteroatoms. The summed E-state index contributed by atoms with van der Waals surface area (Å²) in [6.07, 6.45) is 0. The van der Waals surface area contributed by atoms with Crippen LogP contribution >= 0.6 is 0 Å². The SMILES string of the molecule is c1ccc(B2c3ccccc3-c3ccccc3N2c2cccc(-n3c4ccccc4c4cc(-c5cccc6c5oc5ccccc56)ccc43)c2)cc1. The van der Waals surface area contributed by atoms with E-state index in [4.69, 9.17) is 4.42 Å². The third-order valence-corrected chi connectivity index (χ3v) is 10.8. The van der Waals surface area contributed by atoms with Gasteiger partial charge in [-0.25, -0.2) is 0 Å². The van der Waals surface area contributed by atoms with Crippen LogP contribution in [-0.4, -0.2) is 11.4 Å². The summed E-state index contributed by atoms with van der Waals surface area (Å²) in [6.45, 7) is 0.0178. The lowest BCUT2D eigenvalue weighted by atomic mass is 9.46. The number of furan rings is 1. The van der Waals surface area contributed by atoms with Crippen LogP contribution in [0.4, 0.5) is 11.4 Å². The van der Waals surface area contributed by atoms with Crippen molar-refractivity contribution in [1.29, 1.82) is 0 Å². The summed E-state index contributed by atoms with van der Waals surface area (Å²) in [5, 5.41) is 4.72. The van der Waals surface area contributed by atoms with Gasteiger partial charge in [-0.2, -0.15) is 0 Å². The van der Waals surface area contributed by atoms with Gasteiger partial charge in [-0.05, 0) is 65.1 Å². The van der Waals surface area contributed by atoms with Gasteiger partial charge in [0.05, 0.1) is 11.0 Å². The van der Waals surface area contributed by atoms with E-state index in [1.54, 1.807) is 0 Å². The number of para-hydroxylation sites is 4. The van der Waals surface area contributed by atoms with E-state index in [9.17, 15) is 0 Å². The summed E-state index contributed by atoms with van der Waals surface area (Å²) in [7, 11) is 0. The van der Waals surface area contributed by atoms with Gasteiger partial charge in [-0.3, -0.25) is 0 Å². The Morgan fingerprint density at radius 2 is 1.10 bits per heavy atom. The Labute approximate surface area is 301 Å². The van der Waals surface area contributed by atoms with E-state index in [-0.39, 0.29) is 6.85 Å². The zero-order chi connectivity index (χ0) is 34.2. The summed E-state index contributed by atoms with van der Waals surface area (Å²) < 4.78 is 8.88. The fraction of sp³-hybridized carbons (Fsp3) is 0. The molecule has 242 valence electrons.